The SMILES string of the molecule is Cn1cc([N+](=O)[O-])c(C(N)=O)n1.NC(=O)c1[nH]ncc1[N+](=O)[O-]. The van der Waals surface area contributed by atoms with Crippen molar-refractivity contribution in [2.75, 3.05) is 0 Å². The molecule has 0 aliphatic heterocycles. The molecule has 0 spiro atoms. The zero-order chi connectivity index (χ0) is 17.7. The summed E-state index contributed by atoms with van der Waals surface area (Å²) in [6, 6.07) is 0. The number of nitrogens with zero attached hydrogens (tertiary/aromatic N) is 5. The van der Waals surface area contributed by atoms with E-state index < -0.39 is 27.3 Å². The van der Waals surface area contributed by atoms with Crippen molar-refractivity contribution >= 4 is 23.2 Å². The molecule has 14 heteroatoms. The van der Waals surface area contributed by atoms with Gasteiger partial charge in [0, 0.05) is 7.05 Å². The van der Waals surface area contributed by atoms with Gasteiger partial charge >= 0.3 is 11.4 Å². The summed E-state index contributed by atoms with van der Waals surface area (Å²) in [4.78, 5) is 40.0. The van der Waals surface area contributed by atoms with Crippen LogP contribution in [0.15, 0.2) is 12.4 Å². The zero-order valence-corrected chi connectivity index (χ0v) is 11.5. The van der Waals surface area contributed by atoms with Gasteiger partial charge in [-0.1, -0.05) is 0 Å². The summed E-state index contributed by atoms with van der Waals surface area (Å²) in [6.45, 7) is 0. The van der Waals surface area contributed by atoms with Crippen LogP contribution in [0.25, 0.3) is 0 Å². The molecule has 14 nitrogen and oxygen atoms in total. The summed E-state index contributed by atoms with van der Waals surface area (Å²) in [5, 5.41) is 29.4. The Morgan fingerprint density at radius 1 is 1.17 bits per heavy atom. The molecule has 2 amide bonds. The number of hydrogen-bond donors (Lipinski definition) is 3. The molecule has 0 atom stereocenters. The van der Waals surface area contributed by atoms with E-state index in [9.17, 15) is 29.8 Å². The second-order valence-electron chi connectivity index (χ2n) is 3.91. The first kappa shape index (κ1) is 17.2. The van der Waals surface area contributed by atoms with E-state index in [1.54, 1.807) is 0 Å². The minimum Gasteiger partial charge on any atom is -0.364 e. The first-order valence-corrected chi connectivity index (χ1v) is 5.60. The third kappa shape index (κ3) is 4.06. The van der Waals surface area contributed by atoms with Gasteiger partial charge in [-0.05, 0) is 0 Å². The molecule has 0 unspecified atom stereocenters. The summed E-state index contributed by atoms with van der Waals surface area (Å²) < 4.78 is 1.16. The van der Waals surface area contributed by atoms with Crippen molar-refractivity contribution in [2.24, 2.45) is 18.5 Å². The lowest BCUT2D eigenvalue weighted by molar-refractivity contribution is -0.385. The molecule has 0 aliphatic rings. The van der Waals surface area contributed by atoms with Gasteiger partial charge in [0.2, 0.25) is 11.4 Å². The number of aromatic nitrogens is 4. The number of rotatable bonds is 4. The van der Waals surface area contributed by atoms with E-state index >= 15 is 0 Å². The average Bonchev–Trinajstić information content (AvgIpc) is 3.05. The van der Waals surface area contributed by atoms with Crippen molar-refractivity contribution in [1.82, 2.24) is 20.0 Å². The fourth-order valence-electron chi connectivity index (χ4n) is 1.38. The van der Waals surface area contributed by atoms with Crippen LogP contribution in [-0.2, 0) is 7.05 Å². The van der Waals surface area contributed by atoms with Gasteiger partial charge < -0.3 is 11.5 Å². The van der Waals surface area contributed by atoms with E-state index in [0.717, 1.165) is 17.1 Å². The van der Waals surface area contributed by atoms with Crippen LogP contribution >= 0.6 is 0 Å². The lowest BCUT2D eigenvalue weighted by Crippen LogP contribution is -2.13. The number of carbonyl (C=O) groups is 2. The van der Waals surface area contributed by atoms with Crippen LogP contribution in [0.3, 0.4) is 0 Å². The van der Waals surface area contributed by atoms with Gasteiger partial charge in [-0.2, -0.15) is 10.2 Å². The number of aryl methyl sites for hydroxylation is 1. The largest absolute Gasteiger partial charge is 0.364 e. The maximum atomic E-state index is 10.6. The summed E-state index contributed by atoms with van der Waals surface area (Å²) >= 11 is 0. The van der Waals surface area contributed by atoms with Gasteiger partial charge in [0.15, 0.2) is 0 Å². The Hall–Kier alpha value is -3.84. The maximum absolute atomic E-state index is 10.6. The number of hydrogen-bond acceptors (Lipinski definition) is 8. The van der Waals surface area contributed by atoms with Gasteiger partial charge in [0.1, 0.15) is 12.4 Å². The minimum absolute atomic E-state index is 0.282. The molecule has 0 saturated heterocycles. The molecule has 5 N–H and O–H groups in total. The zero-order valence-electron chi connectivity index (χ0n) is 11.5. The molecular formula is C9H10N8O6. The normalized spacial score (nSPS) is 9.61. The molecule has 0 saturated carbocycles. The first-order chi connectivity index (χ1) is 10.6. The van der Waals surface area contributed by atoms with E-state index in [1.807, 2.05) is 0 Å². The number of nitrogens with two attached hydrogens (primary N) is 2. The minimum atomic E-state index is -0.901. The Morgan fingerprint density at radius 3 is 2.09 bits per heavy atom. The number of primary amides is 2. The molecule has 2 heterocycles. The second kappa shape index (κ2) is 6.74. The fraction of sp³-hybridized carbons (Fsp3) is 0.111. The molecular weight excluding hydrogens is 316 g/mol. The van der Waals surface area contributed by atoms with Crippen LogP contribution in [0.1, 0.15) is 21.0 Å². The Balaban J connectivity index is 0.000000231. The molecule has 0 fully saturated rings. The molecule has 0 radical (unpaired) electrons. The number of aromatic amines is 1. The summed E-state index contributed by atoms with van der Waals surface area (Å²) in [6.07, 6.45) is 2.06. The van der Waals surface area contributed by atoms with Crippen LogP contribution in [0, 0.1) is 20.2 Å². The van der Waals surface area contributed by atoms with Gasteiger partial charge in [-0.3, -0.25) is 39.6 Å². The van der Waals surface area contributed by atoms with E-state index in [4.69, 9.17) is 11.5 Å². The Morgan fingerprint density at radius 2 is 1.74 bits per heavy atom. The highest BCUT2D eigenvalue weighted by molar-refractivity contribution is 5.95. The molecule has 23 heavy (non-hydrogen) atoms. The third-order valence-electron chi connectivity index (χ3n) is 2.30. The molecule has 0 aromatic carbocycles. The highest BCUT2D eigenvalue weighted by atomic mass is 16.6. The number of carbonyl (C=O) groups excluding carboxylic acids is 2. The molecule has 2 aromatic rings. The number of nitro groups is 2. The van der Waals surface area contributed by atoms with Crippen LogP contribution in [-0.4, -0.2) is 41.6 Å². The molecule has 2 rings (SSSR count). The topological polar surface area (TPSA) is 219 Å². The van der Waals surface area contributed by atoms with Crippen LogP contribution in [0.4, 0.5) is 11.4 Å². The molecule has 122 valence electrons. The highest BCUT2D eigenvalue weighted by Crippen LogP contribution is 2.14. The quantitative estimate of drug-likeness (QED) is 0.458. The van der Waals surface area contributed by atoms with E-state index in [2.05, 4.69) is 15.3 Å². The Kier molecular flexibility index (Phi) is 5.05. The van der Waals surface area contributed by atoms with Gasteiger partial charge in [0.25, 0.3) is 11.8 Å². The van der Waals surface area contributed by atoms with E-state index in [1.165, 1.54) is 7.05 Å². The number of nitrogens with one attached hydrogen (secondary N) is 1. The predicted octanol–water partition coefficient (Wildman–Crippen LogP) is -1.16. The smallest absolute Gasteiger partial charge is 0.320 e. The van der Waals surface area contributed by atoms with E-state index in [0.29, 0.717) is 0 Å². The van der Waals surface area contributed by atoms with Gasteiger partial charge in [-0.25, -0.2) is 0 Å². The lowest BCUT2D eigenvalue weighted by Gasteiger charge is -1.87. The van der Waals surface area contributed by atoms with E-state index in [-0.39, 0.29) is 17.1 Å². The van der Waals surface area contributed by atoms with Crippen molar-refractivity contribution < 1.29 is 19.4 Å². The maximum Gasteiger partial charge on any atom is 0.320 e. The highest BCUT2D eigenvalue weighted by Gasteiger charge is 2.22. The summed E-state index contributed by atoms with van der Waals surface area (Å²) in [7, 11) is 1.47. The van der Waals surface area contributed by atoms with Crippen LogP contribution in [0.2, 0.25) is 0 Å². The summed E-state index contributed by atoms with van der Waals surface area (Å²) in [5.41, 5.74) is 8.25. The predicted molar refractivity (Wildman–Crippen MR) is 72.1 cm³/mol. The average molecular weight is 326 g/mol. The van der Waals surface area contributed by atoms with Gasteiger partial charge in [0.05, 0.1) is 9.85 Å². The number of amides is 2. The standard InChI is InChI=1S/C5H6N4O3.C4H4N4O3/c1-8-2-3(9(11)12)4(7-8)5(6)10;5-4(9)3-2(8(10)11)1-6-7-3/h2H,1H3,(H2,6,10);1H,(H2,5,9)(H,6,7). The first-order valence-electron chi connectivity index (χ1n) is 5.60. The van der Waals surface area contributed by atoms with Crippen molar-refractivity contribution in [1.29, 1.82) is 0 Å². The van der Waals surface area contributed by atoms with Crippen LogP contribution < -0.4 is 11.5 Å². The van der Waals surface area contributed by atoms with Crippen molar-refractivity contribution in [3.8, 4) is 0 Å². The van der Waals surface area contributed by atoms with Crippen molar-refractivity contribution in [3.05, 3.63) is 44.0 Å². The van der Waals surface area contributed by atoms with Crippen molar-refractivity contribution in [3.63, 3.8) is 0 Å². The summed E-state index contributed by atoms with van der Waals surface area (Å²) in [5.74, 6) is -1.79. The van der Waals surface area contributed by atoms with Crippen LogP contribution in [0.5, 0.6) is 0 Å². The molecule has 0 bridgehead atoms. The number of H-pyrrole nitrogens is 1. The monoisotopic (exact) mass is 326 g/mol. The lowest BCUT2D eigenvalue weighted by atomic mass is 10.4. The second-order valence-corrected chi connectivity index (χ2v) is 3.91. The molecule has 0 aliphatic carbocycles. The van der Waals surface area contributed by atoms with Gasteiger partial charge in [-0.15, -0.1) is 0 Å². The Bertz CT molecular complexity index is 717. The molecule has 2 aromatic heterocycles. The Labute approximate surface area is 126 Å². The van der Waals surface area contributed by atoms with Crippen molar-refractivity contribution in [2.45, 2.75) is 0 Å². The fourth-order valence-corrected chi connectivity index (χ4v) is 1.38. The third-order valence-corrected chi connectivity index (χ3v) is 2.30.